The maximum atomic E-state index is 13.3. The molecular weight excluding hydrogens is 371 g/mol. The Morgan fingerprint density at radius 1 is 1.30 bits per heavy atom. The fraction of sp³-hybridized carbons (Fsp3) is 0.632. The number of halogens is 1. The van der Waals surface area contributed by atoms with E-state index in [0.717, 1.165) is 18.4 Å². The van der Waals surface area contributed by atoms with Crippen molar-refractivity contribution in [1.82, 2.24) is 9.62 Å². The third-order valence-electron chi connectivity index (χ3n) is 5.73. The van der Waals surface area contributed by atoms with Crippen LogP contribution in [0.1, 0.15) is 31.2 Å². The van der Waals surface area contributed by atoms with Crippen molar-refractivity contribution < 1.29 is 22.3 Å². The van der Waals surface area contributed by atoms with Gasteiger partial charge in [-0.2, -0.15) is 0 Å². The molecular formula is C19H27FN2O4S. The molecule has 0 spiro atoms. The molecule has 1 aromatic carbocycles. The summed E-state index contributed by atoms with van der Waals surface area (Å²) in [4.78, 5) is 12.7. The Hall–Kier alpha value is -1.51. The van der Waals surface area contributed by atoms with E-state index < -0.39 is 10.0 Å². The third kappa shape index (κ3) is 4.86. The lowest BCUT2D eigenvalue weighted by Gasteiger charge is -2.38. The second kappa shape index (κ2) is 8.24. The van der Waals surface area contributed by atoms with E-state index in [2.05, 4.69) is 5.32 Å². The van der Waals surface area contributed by atoms with Gasteiger partial charge in [0, 0.05) is 38.3 Å². The van der Waals surface area contributed by atoms with Crippen molar-refractivity contribution in [3.05, 3.63) is 35.6 Å². The van der Waals surface area contributed by atoms with Gasteiger partial charge in [0.2, 0.25) is 15.9 Å². The number of nitrogens with one attached hydrogen (secondary N) is 1. The second-order valence-corrected chi connectivity index (χ2v) is 9.56. The van der Waals surface area contributed by atoms with Crippen LogP contribution in [0.25, 0.3) is 0 Å². The Labute approximate surface area is 160 Å². The summed E-state index contributed by atoms with van der Waals surface area (Å²) in [5.74, 6) is -0.733. The highest BCUT2D eigenvalue weighted by Crippen LogP contribution is 2.34. The summed E-state index contributed by atoms with van der Waals surface area (Å²) >= 11 is 0. The molecule has 0 saturated carbocycles. The molecule has 1 atom stereocenters. The highest BCUT2D eigenvalue weighted by Gasteiger charge is 2.36. The van der Waals surface area contributed by atoms with Crippen LogP contribution in [0, 0.1) is 11.7 Å². The SMILES string of the molecule is CS(=O)(=O)N1CCC[C@H](C(=O)NCC2(c3ccc(F)cc3)CCOCC2)C1. The molecule has 2 fully saturated rings. The number of ether oxygens (including phenoxy) is 1. The molecule has 1 N–H and O–H groups in total. The van der Waals surface area contributed by atoms with Crippen LogP contribution in [0.4, 0.5) is 4.39 Å². The van der Waals surface area contributed by atoms with E-state index in [-0.39, 0.29) is 29.6 Å². The van der Waals surface area contributed by atoms with Crippen molar-refractivity contribution in [3.8, 4) is 0 Å². The average molecular weight is 399 g/mol. The minimum atomic E-state index is -3.29. The van der Waals surface area contributed by atoms with Crippen LogP contribution in [0.5, 0.6) is 0 Å². The first-order chi connectivity index (χ1) is 12.8. The van der Waals surface area contributed by atoms with Crippen LogP contribution in [0.2, 0.25) is 0 Å². The molecule has 2 saturated heterocycles. The number of nitrogens with zero attached hydrogens (tertiary/aromatic N) is 1. The normalized spacial score (nSPS) is 23.7. The standard InChI is InChI=1S/C19H27FN2O4S/c1-27(24,25)22-10-2-3-15(13-22)18(23)21-14-19(8-11-26-12-9-19)16-4-6-17(20)7-5-16/h4-7,15H,2-3,8-14H2,1H3,(H,21,23)/t15-/m0/s1. The zero-order valence-corrected chi connectivity index (χ0v) is 16.4. The number of hydrogen-bond acceptors (Lipinski definition) is 4. The monoisotopic (exact) mass is 398 g/mol. The summed E-state index contributed by atoms with van der Waals surface area (Å²) in [5.41, 5.74) is 0.709. The molecule has 0 aliphatic carbocycles. The van der Waals surface area contributed by atoms with Gasteiger partial charge in [0.15, 0.2) is 0 Å². The van der Waals surface area contributed by atoms with Crippen LogP contribution in [0.3, 0.4) is 0 Å². The first-order valence-corrected chi connectivity index (χ1v) is 11.2. The predicted octanol–water partition coefficient (Wildman–Crippen LogP) is 1.66. The molecule has 3 rings (SSSR count). The molecule has 8 heteroatoms. The lowest BCUT2D eigenvalue weighted by Crippen LogP contribution is -2.49. The van der Waals surface area contributed by atoms with Crippen LogP contribution in [-0.4, -0.2) is 57.7 Å². The van der Waals surface area contributed by atoms with Crippen molar-refractivity contribution in [1.29, 1.82) is 0 Å². The van der Waals surface area contributed by atoms with E-state index in [1.54, 1.807) is 12.1 Å². The Morgan fingerprint density at radius 2 is 1.96 bits per heavy atom. The van der Waals surface area contributed by atoms with E-state index in [0.29, 0.717) is 39.1 Å². The first-order valence-electron chi connectivity index (χ1n) is 9.37. The van der Waals surface area contributed by atoms with Gasteiger partial charge in [-0.3, -0.25) is 4.79 Å². The van der Waals surface area contributed by atoms with Crippen molar-refractivity contribution in [3.63, 3.8) is 0 Å². The van der Waals surface area contributed by atoms with E-state index in [1.165, 1.54) is 22.7 Å². The van der Waals surface area contributed by atoms with E-state index >= 15 is 0 Å². The van der Waals surface area contributed by atoms with Crippen LogP contribution in [-0.2, 0) is 25.0 Å². The molecule has 0 unspecified atom stereocenters. The minimum absolute atomic E-state index is 0.115. The van der Waals surface area contributed by atoms with Gasteiger partial charge >= 0.3 is 0 Å². The quantitative estimate of drug-likeness (QED) is 0.819. The summed E-state index contributed by atoms with van der Waals surface area (Å²) in [5, 5.41) is 3.04. The Balaban J connectivity index is 1.68. The minimum Gasteiger partial charge on any atom is -0.381 e. The zero-order valence-electron chi connectivity index (χ0n) is 15.6. The average Bonchev–Trinajstić information content (AvgIpc) is 2.67. The maximum absolute atomic E-state index is 13.3. The van der Waals surface area contributed by atoms with Crippen LogP contribution >= 0.6 is 0 Å². The fourth-order valence-electron chi connectivity index (χ4n) is 3.99. The van der Waals surface area contributed by atoms with Gasteiger partial charge in [-0.25, -0.2) is 17.1 Å². The summed E-state index contributed by atoms with van der Waals surface area (Å²) in [6.07, 6.45) is 4.05. The first kappa shape index (κ1) is 20.2. The summed E-state index contributed by atoms with van der Waals surface area (Å²) < 4.78 is 43.7. The molecule has 6 nitrogen and oxygen atoms in total. The lowest BCUT2D eigenvalue weighted by molar-refractivity contribution is -0.126. The molecule has 0 aromatic heterocycles. The number of rotatable bonds is 5. The molecule has 2 heterocycles. The highest BCUT2D eigenvalue weighted by molar-refractivity contribution is 7.88. The summed E-state index contributed by atoms with van der Waals surface area (Å²) in [7, 11) is -3.29. The Morgan fingerprint density at radius 3 is 2.59 bits per heavy atom. The molecule has 150 valence electrons. The largest absolute Gasteiger partial charge is 0.381 e. The molecule has 0 radical (unpaired) electrons. The molecule has 2 aliphatic heterocycles. The number of carbonyl (C=O) groups excluding carboxylic acids is 1. The maximum Gasteiger partial charge on any atom is 0.224 e. The van der Waals surface area contributed by atoms with Crippen molar-refractivity contribution in [2.75, 3.05) is 39.1 Å². The van der Waals surface area contributed by atoms with E-state index in [9.17, 15) is 17.6 Å². The number of piperidine rings is 1. The number of hydrogen-bond donors (Lipinski definition) is 1. The number of sulfonamides is 1. The van der Waals surface area contributed by atoms with Crippen LogP contribution in [0.15, 0.2) is 24.3 Å². The van der Waals surface area contributed by atoms with E-state index in [4.69, 9.17) is 4.74 Å². The number of benzene rings is 1. The van der Waals surface area contributed by atoms with E-state index in [1.807, 2.05) is 0 Å². The predicted molar refractivity (Wildman–Crippen MR) is 100 cm³/mol. The smallest absolute Gasteiger partial charge is 0.224 e. The van der Waals surface area contributed by atoms with Gasteiger partial charge in [-0.05, 0) is 43.4 Å². The van der Waals surface area contributed by atoms with Crippen LogP contribution < -0.4 is 5.32 Å². The van der Waals surface area contributed by atoms with Gasteiger partial charge in [-0.1, -0.05) is 12.1 Å². The molecule has 0 bridgehead atoms. The molecule has 2 aliphatic rings. The fourth-order valence-corrected chi connectivity index (χ4v) is 4.90. The molecule has 1 aromatic rings. The van der Waals surface area contributed by atoms with Gasteiger partial charge in [0.05, 0.1) is 12.2 Å². The van der Waals surface area contributed by atoms with Crippen molar-refractivity contribution in [2.45, 2.75) is 31.1 Å². The summed E-state index contributed by atoms with van der Waals surface area (Å²) in [6.45, 7) is 2.34. The van der Waals surface area contributed by atoms with Gasteiger partial charge in [-0.15, -0.1) is 0 Å². The molecule has 27 heavy (non-hydrogen) atoms. The lowest BCUT2D eigenvalue weighted by atomic mass is 9.74. The molecule has 1 amide bonds. The Kier molecular flexibility index (Phi) is 6.18. The third-order valence-corrected chi connectivity index (χ3v) is 7.00. The number of amides is 1. The van der Waals surface area contributed by atoms with Gasteiger partial charge in [0.25, 0.3) is 0 Å². The second-order valence-electron chi connectivity index (χ2n) is 7.58. The highest BCUT2D eigenvalue weighted by atomic mass is 32.2. The number of carbonyl (C=O) groups is 1. The van der Waals surface area contributed by atoms with Crippen molar-refractivity contribution in [2.24, 2.45) is 5.92 Å². The van der Waals surface area contributed by atoms with Gasteiger partial charge < -0.3 is 10.1 Å². The van der Waals surface area contributed by atoms with Gasteiger partial charge in [0.1, 0.15) is 5.82 Å². The zero-order chi connectivity index (χ0) is 19.5. The Bertz CT molecular complexity index is 760. The summed E-state index contributed by atoms with van der Waals surface area (Å²) in [6, 6.07) is 6.44. The topological polar surface area (TPSA) is 75.7 Å². The van der Waals surface area contributed by atoms with Crippen molar-refractivity contribution >= 4 is 15.9 Å².